The second-order valence-electron chi connectivity index (χ2n) is 8.04. The first kappa shape index (κ1) is 24.9. The fraction of sp³-hybridized carbons (Fsp3) is 0.792. The third-order valence-corrected chi connectivity index (χ3v) is 4.93. The van der Waals surface area contributed by atoms with Crippen LogP contribution in [0.3, 0.4) is 0 Å². The summed E-state index contributed by atoms with van der Waals surface area (Å²) in [6.07, 6.45) is 19.9. The first-order valence-electron chi connectivity index (χ1n) is 11.0. The predicted molar refractivity (Wildman–Crippen MR) is 114 cm³/mol. The monoisotopic (exact) mass is 364 g/mol. The quantitative estimate of drug-likeness (QED) is 0.134. The maximum absolute atomic E-state index is 12.0. The molecule has 0 amide bonds. The maximum atomic E-state index is 12.0. The second-order valence-corrected chi connectivity index (χ2v) is 8.04. The van der Waals surface area contributed by atoms with Gasteiger partial charge in [0, 0.05) is 6.42 Å². The minimum atomic E-state index is -0.00271. The number of carbonyl (C=O) groups is 1. The topological polar surface area (TPSA) is 26.3 Å². The van der Waals surface area contributed by atoms with Crippen molar-refractivity contribution in [1.29, 1.82) is 0 Å². The Bertz CT molecular complexity index is 328. The van der Waals surface area contributed by atoms with E-state index in [0.29, 0.717) is 18.9 Å². The summed E-state index contributed by atoms with van der Waals surface area (Å²) < 4.78 is 5.60. The Balaban J connectivity index is 4.00. The molecule has 0 saturated heterocycles. The van der Waals surface area contributed by atoms with E-state index in [1.54, 1.807) is 0 Å². The average molecular weight is 365 g/mol. The van der Waals surface area contributed by atoms with E-state index in [1.807, 2.05) is 12.2 Å². The number of esters is 1. The van der Waals surface area contributed by atoms with Crippen LogP contribution in [-0.2, 0) is 9.53 Å². The van der Waals surface area contributed by atoms with E-state index in [2.05, 4.69) is 27.0 Å². The summed E-state index contributed by atoms with van der Waals surface area (Å²) in [4.78, 5) is 12.0. The van der Waals surface area contributed by atoms with E-state index in [1.165, 1.54) is 57.8 Å². The van der Waals surface area contributed by atoms with Crippen molar-refractivity contribution in [1.82, 2.24) is 0 Å². The van der Waals surface area contributed by atoms with E-state index < -0.39 is 0 Å². The molecule has 2 nitrogen and oxygen atoms in total. The third kappa shape index (κ3) is 17.8. The molecule has 0 saturated carbocycles. The van der Waals surface area contributed by atoms with Crippen LogP contribution in [0, 0.1) is 11.8 Å². The lowest BCUT2D eigenvalue weighted by Gasteiger charge is -2.17. The normalized spacial score (nSPS) is 11.1. The highest BCUT2D eigenvalue weighted by Gasteiger charge is 2.12. The number of ether oxygens (including phenoxy) is 1. The molecule has 2 heteroatoms. The van der Waals surface area contributed by atoms with E-state index in [-0.39, 0.29) is 5.97 Å². The van der Waals surface area contributed by atoms with Gasteiger partial charge in [0.2, 0.25) is 0 Å². The molecule has 0 aromatic heterocycles. The van der Waals surface area contributed by atoms with Crippen LogP contribution in [0.2, 0.25) is 0 Å². The van der Waals surface area contributed by atoms with Gasteiger partial charge in [-0.1, -0.05) is 64.5 Å². The fourth-order valence-corrected chi connectivity index (χ4v) is 3.21. The molecule has 0 aliphatic carbocycles. The van der Waals surface area contributed by atoms with Crippen molar-refractivity contribution < 1.29 is 9.53 Å². The standard InChI is InChI=1S/C24H44O2/c1-5-7-9-11-13-18-23(19-14-12-10-8-6-2)21-26-24(25)20-16-15-17-22(3)4/h5-6,22-23H,1-2,7-21H2,3-4H3. The Labute approximate surface area is 163 Å². The van der Waals surface area contributed by atoms with Gasteiger partial charge in [0.25, 0.3) is 0 Å². The molecule has 0 aromatic rings. The summed E-state index contributed by atoms with van der Waals surface area (Å²) in [6, 6.07) is 0. The number of rotatable bonds is 19. The van der Waals surface area contributed by atoms with Crippen molar-refractivity contribution in [2.75, 3.05) is 6.61 Å². The molecule has 26 heavy (non-hydrogen) atoms. The van der Waals surface area contributed by atoms with Crippen LogP contribution >= 0.6 is 0 Å². The molecule has 0 spiro atoms. The molecule has 0 fully saturated rings. The summed E-state index contributed by atoms with van der Waals surface area (Å²) >= 11 is 0. The molecule has 0 bridgehead atoms. The Kier molecular flexibility index (Phi) is 18.0. The Morgan fingerprint density at radius 1 is 0.808 bits per heavy atom. The van der Waals surface area contributed by atoms with Crippen LogP contribution in [0.15, 0.2) is 25.3 Å². The molecule has 0 aliphatic rings. The van der Waals surface area contributed by atoms with Crippen molar-refractivity contribution in [3.05, 3.63) is 25.3 Å². The van der Waals surface area contributed by atoms with Crippen molar-refractivity contribution in [3.8, 4) is 0 Å². The zero-order valence-corrected chi connectivity index (χ0v) is 17.6. The summed E-state index contributed by atoms with van der Waals surface area (Å²) in [7, 11) is 0. The van der Waals surface area contributed by atoms with E-state index >= 15 is 0 Å². The largest absolute Gasteiger partial charge is 0.465 e. The number of hydrogen-bond donors (Lipinski definition) is 0. The van der Waals surface area contributed by atoms with Crippen LogP contribution in [0.4, 0.5) is 0 Å². The molecule has 0 unspecified atom stereocenters. The van der Waals surface area contributed by atoms with Crippen molar-refractivity contribution >= 4 is 5.97 Å². The zero-order chi connectivity index (χ0) is 19.5. The maximum Gasteiger partial charge on any atom is 0.305 e. The van der Waals surface area contributed by atoms with Crippen LogP contribution in [0.5, 0.6) is 0 Å². The van der Waals surface area contributed by atoms with Gasteiger partial charge in [0.05, 0.1) is 6.61 Å². The van der Waals surface area contributed by atoms with Gasteiger partial charge in [-0.2, -0.15) is 0 Å². The smallest absolute Gasteiger partial charge is 0.305 e. The molecule has 0 N–H and O–H groups in total. The van der Waals surface area contributed by atoms with Crippen LogP contribution in [-0.4, -0.2) is 12.6 Å². The first-order chi connectivity index (χ1) is 12.6. The van der Waals surface area contributed by atoms with E-state index in [0.717, 1.165) is 31.6 Å². The lowest BCUT2D eigenvalue weighted by atomic mass is 9.95. The van der Waals surface area contributed by atoms with Crippen molar-refractivity contribution in [3.63, 3.8) is 0 Å². The molecule has 152 valence electrons. The molecule has 0 radical (unpaired) electrons. The number of allylic oxidation sites excluding steroid dienone is 2. The van der Waals surface area contributed by atoms with Crippen molar-refractivity contribution in [2.45, 2.75) is 104 Å². The Morgan fingerprint density at radius 2 is 1.35 bits per heavy atom. The Morgan fingerprint density at radius 3 is 1.85 bits per heavy atom. The second kappa shape index (κ2) is 18.7. The van der Waals surface area contributed by atoms with Gasteiger partial charge in [-0.05, 0) is 56.8 Å². The molecule has 0 heterocycles. The van der Waals surface area contributed by atoms with Gasteiger partial charge in [-0.25, -0.2) is 0 Å². The average Bonchev–Trinajstić information content (AvgIpc) is 2.62. The van der Waals surface area contributed by atoms with Crippen LogP contribution in [0.25, 0.3) is 0 Å². The van der Waals surface area contributed by atoms with Gasteiger partial charge in [0.1, 0.15) is 0 Å². The minimum absolute atomic E-state index is 0.00271. The number of unbranched alkanes of at least 4 members (excludes halogenated alkanes) is 7. The van der Waals surface area contributed by atoms with E-state index in [9.17, 15) is 4.79 Å². The lowest BCUT2D eigenvalue weighted by molar-refractivity contribution is -0.145. The summed E-state index contributed by atoms with van der Waals surface area (Å²) in [6.45, 7) is 12.6. The molecule has 0 rings (SSSR count). The van der Waals surface area contributed by atoms with Crippen LogP contribution < -0.4 is 0 Å². The van der Waals surface area contributed by atoms with Gasteiger partial charge >= 0.3 is 5.97 Å². The van der Waals surface area contributed by atoms with Crippen molar-refractivity contribution in [2.24, 2.45) is 11.8 Å². The van der Waals surface area contributed by atoms with Crippen LogP contribution in [0.1, 0.15) is 104 Å². The highest BCUT2D eigenvalue weighted by molar-refractivity contribution is 5.69. The number of carbonyl (C=O) groups excluding carboxylic acids is 1. The van der Waals surface area contributed by atoms with Gasteiger partial charge in [0.15, 0.2) is 0 Å². The summed E-state index contributed by atoms with van der Waals surface area (Å²) in [5.74, 6) is 1.25. The van der Waals surface area contributed by atoms with E-state index in [4.69, 9.17) is 4.74 Å². The number of hydrogen-bond acceptors (Lipinski definition) is 2. The minimum Gasteiger partial charge on any atom is -0.465 e. The third-order valence-electron chi connectivity index (χ3n) is 4.93. The molecular formula is C24H44O2. The summed E-state index contributed by atoms with van der Waals surface area (Å²) in [5.41, 5.74) is 0. The lowest BCUT2D eigenvalue weighted by Crippen LogP contribution is -2.14. The highest BCUT2D eigenvalue weighted by Crippen LogP contribution is 2.19. The molecule has 0 atom stereocenters. The zero-order valence-electron chi connectivity index (χ0n) is 17.6. The highest BCUT2D eigenvalue weighted by atomic mass is 16.5. The van der Waals surface area contributed by atoms with Gasteiger partial charge in [-0.15, -0.1) is 13.2 Å². The predicted octanol–water partition coefficient (Wildman–Crippen LogP) is 7.64. The van der Waals surface area contributed by atoms with Gasteiger partial charge in [-0.3, -0.25) is 4.79 Å². The molecule has 0 aromatic carbocycles. The first-order valence-corrected chi connectivity index (χ1v) is 11.0. The summed E-state index contributed by atoms with van der Waals surface area (Å²) in [5, 5.41) is 0. The molecule has 0 aliphatic heterocycles. The fourth-order valence-electron chi connectivity index (χ4n) is 3.21. The molecular weight excluding hydrogens is 320 g/mol. The SMILES string of the molecule is C=CCCCCCC(CCCCCC=C)COC(=O)CCCCC(C)C. The Hall–Kier alpha value is -1.05. The van der Waals surface area contributed by atoms with Gasteiger partial charge < -0.3 is 4.74 Å².